The summed E-state index contributed by atoms with van der Waals surface area (Å²) in [7, 11) is -4.08. The lowest BCUT2D eigenvalue weighted by Gasteiger charge is -2.35. The van der Waals surface area contributed by atoms with Crippen LogP contribution in [0.4, 0.5) is 5.69 Å². The predicted octanol–water partition coefficient (Wildman–Crippen LogP) is 5.95. The standard InChI is InChI=1S/C31H32Cl2N4O4S/c1-22-8-10-25(11-9-22)42(40,41)37(29-20-28(31(38)39)34-27-19-24(32)18-26(33)30(27)29)13-5-12-35-14-16-36(17-15-35)21-23-6-3-2-4-7-23/h2-4,6-11,18-20H,5,12-17,21H2,1H3,(H,38,39). The first-order chi connectivity index (χ1) is 20.1. The minimum atomic E-state index is -4.08. The number of sulfonamides is 1. The number of fused-ring (bicyclic) bond motifs is 1. The Kier molecular flexibility index (Phi) is 9.35. The van der Waals surface area contributed by atoms with Crippen LogP contribution in [0, 0.1) is 6.92 Å². The molecule has 0 amide bonds. The molecule has 1 N–H and O–H groups in total. The van der Waals surface area contributed by atoms with Gasteiger partial charge in [-0.2, -0.15) is 0 Å². The molecule has 0 aliphatic carbocycles. The van der Waals surface area contributed by atoms with Gasteiger partial charge in [0, 0.05) is 49.7 Å². The summed E-state index contributed by atoms with van der Waals surface area (Å²) in [4.78, 5) is 21.1. The second-order valence-corrected chi connectivity index (χ2v) is 13.2. The number of hydrogen-bond donors (Lipinski definition) is 1. The second-order valence-electron chi connectivity index (χ2n) is 10.5. The van der Waals surface area contributed by atoms with Crippen LogP contribution >= 0.6 is 23.2 Å². The normalized spacial score (nSPS) is 14.7. The molecule has 0 spiro atoms. The van der Waals surface area contributed by atoms with Gasteiger partial charge in [0.2, 0.25) is 0 Å². The van der Waals surface area contributed by atoms with Crippen LogP contribution in [0.2, 0.25) is 10.0 Å². The topological polar surface area (TPSA) is 94.1 Å². The number of aromatic carboxylic acids is 1. The molecule has 0 radical (unpaired) electrons. The number of hydrogen-bond acceptors (Lipinski definition) is 6. The number of anilines is 1. The van der Waals surface area contributed by atoms with Crippen molar-refractivity contribution in [1.29, 1.82) is 0 Å². The summed E-state index contributed by atoms with van der Waals surface area (Å²) in [5.74, 6) is -1.28. The van der Waals surface area contributed by atoms with Crippen molar-refractivity contribution in [1.82, 2.24) is 14.8 Å². The van der Waals surface area contributed by atoms with Gasteiger partial charge in [-0.25, -0.2) is 18.2 Å². The van der Waals surface area contributed by atoms with E-state index < -0.39 is 16.0 Å². The molecule has 11 heteroatoms. The molecule has 0 unspecified atom stereocenters. The maximum Gasteiger partial charge on any atom is 0.354 e. The molecule has 1 aliphatic heterocycles. The maximum atomic E-state index is 14.1. The lowest BCUT2D eigenvalue weighted by atomic mass is 10.1. The molecule has 8 nitrogen and oxygen atoms in total. The Labute approximate surface area is 256 Å². The van der Waals surface area contributed by atoms with E-state index in [0.29, 0.717) is 18.4 Å². The van der Waals surface area contributed by atoms with Crippen molar-refractivity contribution in [2.24, 2.45) is 0 Å². The fourth-order valence-corrected chi connectivity index (χ4v) is 7.32. The highest BCUT2D eigenvalue weighted by Gasteiger charge is 2.29. The van der Waals surface area contributed by atoms with Gasteiger partial charge in [-0.1, -0.05) is 71.2 Å². The lowest BCUT2D eigenvalue weighted by molar-refractivity contribution is 0.0691. The number of pyridine rings is 1. The first-order valence-electron chi connectivity index (χ1n) is 13.7. The average Bonchev–Trinajstić information content (AvgIpc) is 2.96. The zero-order valence-electron chi connectivity index (χ0n) is 23.2. The molecule has 0 atom stereocenters. The number of aromatic nitrogens is 1. The third-order valence-corrected chi connectivity index (χ3v) is 9.79. The molecule has 1 fully saturated rings. The number of carbonyl (C=O) groups is 1. The molecule has 1 aromatic heterocycles. The van der Waals surface area contributed by atoms with Crippen molar-refractivity contribution < 1.29 is 18.3 Å². The first-order valence-corrected chi connectivity index (χ1v) is 15.9. The largest absolute Gasteiger partial charge is 0.477 e. The third-order valence-electron chi connectivity index (χ3n) is 7.45. The quantitative estimate of drug-likeness (QED) is 0.232. The molecule has 2 heterocycles. The summed E-state index contributed by atoms with van der Waals surface area (Å²) in [6.45, 7) is 7.20. The highest BCUT2D eigenvalue weighted by molar-refractivity contribution is 7.92. The minimum absolute atomic E-state index is 0.106. The van der Waals surface area contributed by atoms with Gasteiger partial charge in [0.15, 0.2) is 5.69 Å². The summed E-state index contributed by atoms with van der Waals surface area (Å²) < 4.78 is 29.5. The van der Waals surface area contributed by atoms with Crippen molar-refractivity contribution >= 4 is 55.8 Å². The molecule has 5 rings (SSSR count). The van der Waals surface area contributed by atoms with Crippen molar-refractivity contribution in [3.63, 3.8) is 0 Å². The van der Waals surface area contributed by atoms with E-state index in [1.54, 1.807) is 24.3 Å². The van der Waals surface area contributed by atoms with Crippen LogP contribution in [0.5, 0.6) is 0 Å². The van der Waals surface area contributed by atoms with Crippen molar-refractivity contribution in [3.05, 3.63) is 99.7 Å². The number of aryl methyl sites for hydroxylation is 1. The first kappa shape index (κ1) is 30.3. The maximum absolute atomic E-state index is 14.1. The smallest absolute Gasteiger partial charge is 0.354 e. The van der Waals surface area contributed by atoms with Gasteiger partial charge in [0.1, 0.15) is 0 Å². The number of rotatable bonds is 10. The van der Waals surface area contributed by atoms with E-state index in [1.165, 1.54) is 28.1 Å². The van der Waals surface area contributed by atoms with Crippen molar-refractivity contribution in [3.8, 4) is 0 Å². The van der Waals surface area contributed by atoms with Gasteiger partial charge in [0.05, 0.1) is 21.1 Å². The molecule has 0 bridgehead atoms. The minimum Gasteiger partial charge on any atom is -0.477 e. The summed E-state index contributed by atoms with van der Waals surface area (Å²) in [6.07, 6.45) is 0.529. The lowest BCUT2D eigenvalue weighted by Crippen LogP contribution is -2.46. The molecule has 0 saturated carbocycles. The second kappa shape index (κ2) is 13.0. The van der Waals surface area contributed by atoms with Gasteiger partial charge >= 0.3 is 5.97 Å². The van der Waals surface area contributed by atoms with E-state index in [4.69, 9.17) is 23.2 Å². The van der Waals surface area contributed by atoms with Crippen LogP contribution in [0.15, 0.2) is 77.7 Å². The fourth-order valence-electron chi connectivity index (χ4n) is 5.23. The monoisotopic (exact) mass is 626 g/mol. The molecule has 42 heavy (non-hydrogen) atoms. The Bertz CT molecular complexity index is 1680. The number of piperazine rings is 1. The number of benzene rings is 3. The van der Waals surface area contributed by atoms with Crippen LogP contribution < -0.4 is 4.31 Å². The highest BCUT2D eigenvalue weighted by atomic mass is 35.5. The number of carboxylic acid groups (broad SMARTS) is 1. The SMILES string of the molecule is Cc1ccc(S(=O)(=O)N(CCCN2CCN(Cc3ccccc3)CC2)c2cc(C(=O)O)nc3cc(Cl)cc(Cl)c23)cc1. The molecule has 3 aromatic carbocycles. The van der Waals surface area contributed by atoms with E-state index in [1.807, 2.05) is 13.0 Å². The van der Waals surface area contributed by atoms with Gasteiger partial charge in [-0.3, -0.25) is 9.21 Å². The number of halogens is 2. The van der Waals surface area contributed by atoms with E-state index in [-0.39, 0.29) is 38.4 Å². The van der Waals surface area contributed by atoms with Crippen molar-refractivity contribution in [2.75, 3.05) is 43.6 Å². The molecule has 4 aromatic rings. The zero-order valence-corrected chi connectivity index (χ0v) is 25.5. The van der Waals surface area contributed by atoms with Crippen LogP contribution in [0.1, 0.15) is 28.0 Å². The zero-order chi connectivity index (χ0) is 29.9. The van der Waals surface area contributed by atoms with Crippen LogP contribution in [-0.2, 0) is 16.6 Å². The Morgan fingerprint density at radius 1 is 0.952 bits per heavy atom. The van der Waals surface area contributed by atoms with Gasteiger partial charge in [-0.15, -0.1) is 0 Å². The predicted molar refractivity (Wildman–Crippen MR) is 167 cm³/mol. The van der Waals surface area contributed by atoms with Gasteiger partial charge in [-0.05, 0) is 55.8 Å². The molecular weight excluding hydrogens is 595 g/mol. The van der Waals surface area contributed by atoms with E-state index >= 15 is 0 Å². The number of carboxylic acids is 1. The van der Waals surface area contributed by atoms with Crippen LogP contribution in [0.3, 0.4) is 0 Å². The summed E-state index contributed by atoms with van der Waals surface area (Å²) in [6, 6.07) is 21.2. The fraction of sp³-hybridized carbons (Fsp3) is 0.290. The highest BCUT2D eigenvalue weighted by Crippen LogP contribution is 2.37. The molecule has 1 aliphatic rings. The Balaban J connectivity index is 1.41. The number of nitrogens with zero attached hydrogens (tertiary/aromatic N) is 4. The third kappa shape index (κ3) is 6.88. The Hall–Kier alpha value is -3.21. The molecule has 1 saturated heterocycles. The van der Waals surface area contributed by atoms with Crippen LogP contribution in [0.25, 0.3) is 10.9 Å². The van der Waals surface area contributed by atoms with Crippen LogP contribution in [-0.4, -0.2) is 73.5 Å². The van der Waals surface area contributed by atoms with E-state index in [0.717, 1.165) is 38.3 Å². The molecular formula is C31H32Cl2N4O4S. The summed E-state index contributed by atoms with van der Waals surface area (Å²) in [5, 5.41) is 10.6. The van der Waals surface area contributed by atoms with Crippen molar-refractivity contribution in [2.45, 2.75) is 24.8 Å². The average molecular weight is 628 g/mol. The van der Waals surface area contributed by atoms with Gasteiger partial charge < -0.3 is 10.0 Å². The Morgan fingerprint density at radius 2 is 1.62 bits per heavy atom. The van der Waals surface area contributed by atoms with E-state index in [2.05, 4.69) is 39.0 Å². The summed E-state index contributed by atoms with van der Waals surface area (Å²) in [5.41, 5.74) is 2.28. The Morgan fingerprint density at radius 3 is 2.29 bits per heavy atom. The summed E-state index contributed by atoms with van der Waals surface area (Å²) >= 11 is 12.8. The molecule has 220 valence electrons. The van der Waals surface area contributed by atoms with Gasteiger partial charge in [0.25, 0.3) is 10.0 Å². The van der Waals surface area contributed by atoms with E-state index in [9.17, 15) is 18.3 Å².